The van der Waals surface area contributed by atoms with Gasteiger partial charge in [-0.25, -0.2) is 4.98 Å². The maximum absolute atomic E-state index is 12.5. The van der Waals surface area contributed by atoms with Crippen molar-refractivity contribution in [2.75, 3.05) is 5.32 Å². The van der Waals surface area contributed by atoms with E-state index in [2.05, 4.69) is 35.3 Å². The smallest absolute Gasteiger partial charge is 0.229 e. The lowest BCUT2D eigenvalue weighted by Crippen LogP contribution is -2.15. The number of hydrogen-bond donors (Lipinski definition) is 1. The number of carbonyl (C=O) groups is 1. The number of nitrogens with one attached hydrogen (secondary N) is 1. The standard InChI is InChI=1S/C22H20ClN5O/c1-22(2)9-19-17(11-26-28(19)13-22)16-8-20(25-12-18(16)23)27-21(29)7-14-4-3-5-15(6-14)10-24/h3-6,8,11-12H,7,9,13H2,1-2H3,(H,25,27,29). The molecule has 6 nitrogen and oxygen atoms in total. The number of benzene rings is 1. The molecule has 1 aromatic carbocycles. The van der Waals surface area contributed by atoms with Gasteiger partial charge in [0.2, 0.25) is 5.91 Å². The molecule has 0 bridgehead atoms. The first-order chi connectivity index (χ1) is 13.8. The summed E-state index contributed by atoms with van der Waals surface area (Å²) < 4.78 is 2.02. The van der Waals surface area contributed by atoms with Gasteiger partial charge < -0.3 is 5.32 Å². The van der Waals surface area contributed by atoms with Crippen LogP contribution >= 0.6 is 11.6 Å². The van der Waals surface area contributed by atoms with Gasteiger partial charge in [0.05, 0.1) is 29.3 Å². The number of rotatable bonds is 4. The highest BCUT2D eigenvalue weighted by Gasteiger charge is 2.32. The van der Waals surface area contributed by atoms with Crippen LogP contribution in [0.3, 0.4) is 0 Å². The second-order valence-electron chi connectivity index (χ2n) is 8.09. The Morgan fingerprint density at radius 3 is 2.93 bits per heavy atom. The molecule has 146 valence electrons. The Kier molecular flexibility index (Phi) is 4.85. The highest BCUT2D eigenvalue weighted by atomic mass is 35.5. The number of hydrogen-bond acceptors (Lipinski definition) is 4. The van der Waals surface area contributed by atoms with Gasteiger partial charge in [0, 0.05) is 29.6 Å². The Morgan fingerprint density at radius 2 is 2.14 bits per heavy atom. The minimum absolute atomic E-state index is 0.159. The fourth-order valence-corrected chi connectivity index (χ4v) is 3.91. The molecule has 0 aliphatic carbocycles. The third kappa shape index (κ3) is 4.01. The lowest BCUT2D eigenvalue weighted by atomic mass is 9.89. The van der Waals surface area contributed by atoms with Crippen molar-refractivity contribution in [2.24, 2.45) is 5.41 Å². The van der Waals surface area contributed by atoms with Gasteiger partial charge in [-0.15, -0.1) is 0 Å². The van der Waals surface area contributed by atoms with Crippen LogP contribution in [0.4, 0.5) is 5.82 Å². The minimum Gasteiger partial charge on any atom is -0.310 e. The number of aromatic nitrogens is 3. The van der Waals surface area contributed by atoms with E-state index in [9.17, 15) is 4.79 Å². The van der Waals surface area contributed by atoms with Gasteiger partial charge in [-0.05, 0) is 35.6 Å². The highest BCUT2D eigenvalue weighted by molar-refractivity contribution is 6.33. The summed E-state index contributed by atoms with van der Waals surface area (Å²) in [6.45, 7) is 5.30. The predicted molar refractivity (Wildman–Crippen MR) is 111 cm³/mol. The molecule has 0 fully saturated rings. The number of nitriles is 1. The van der Waals surface area contributed by atoms with Crippen molar-refractivity contribution >= 4 is 23.3 Å². The Balaban J connectivity index is 1.55. The summed E-state index contributed by atoms with van der Waals surface area (Å²) in [4.78, 5) is 16.7. The third-order valence-corrected chi connectivity index (χ3v) is 5.31. The van der Waals surface area contributed by atoms with Gasteiger partial charge in [-0.3, -0.25) is 9.48 Å². The molecule has 29 heavy (non-hydrogen) atoms. The molecule has 0 unspecified atom stereocenters. The molecule has 1 aliphatic rings. The first-order valence-electron chi connectivity index (χ1n) is 9.34. The van der Waals surface area contributed by atoms with Crippen LogP contribution in [0.1, 0.15) is 30.7 Å². The summed E-state index contributed by atoms with van der Waals surface area (Å²) in [6.07, 6.45) is 4.45. The molecular formula is C22H20ClN5O. The van der Waals surface area contributed by atoms with Gasteiger partial charge in [-0.2, -0.15) is 10.4 Å². The molecule has 1 N–H and O–H groups in total. The SMILES string of the molecule is CC1(C)Cc2c(-c3cc(NC(=O)Cc4cccc(C#N)c4)ncc3Cl)cnn2C1. The number of nitrogens with zero attached hydrogens (tertiary/aromatic N) is 4. The fraction of sp³-hybridized carbons (Fsp3) is 0.273. The van der Waals surface area contributed by atoms with Crippen LogP contribution in [-0.4, -0.2) is 20.7 Å². The number of fused-ring (bicyclic) bond motifs is 1. The molecule has 0 saturated heterocycles. The van der Waals surface area contributed by atoms with Crippen molar-refractivity contribution in [3.63, 3.8) is 0 Å². The van der Waals surface area contributed by atoms with Crippen LogP contribution in [0.2, 0.25) is 5.02 Å². The normalized spacial score (nSPS) is 14.3. The van der Waals surface area contributed by atoms with Crippen molar-refractivity contribution in [1.82, 2.24) is 14.8 Å². The molecule has 1 aliphatic heterocycles. The van der Waals surface area contributed by atoms with Crippen LogP contribution in [0.25, 0.3) is 11.1 Å². The minimum atomic E-state index is -0.206. The Hall–Kier alpha value is -3.17. The zero-order valence-electron chi connectivity index (χ0n) is 16.2. The van der Waals surface area contributed by atoms with E-state index in [4.69, 9.17) is 16.9 Å². The Morgan fingerprint density at radius 1 is 1.31 bits per heavy atom. The van der Waals surface area contributed by atoms with Crippen LogP contribution in [-0.2, 0) is 24.2 Å². The van der Waals surface area contributed by atoms with E-state index in [-0.39, 0.29) is 17.7 Å². The first-order valence-corrected chi connectivity index (χ1v) is 9.72. The quantitative estimate of drug-likeness (QED) is 0.703. The van der Waals surface area contributed by atoms with E-state index < -0.39 is 0 Å². The maximum atomic E-state index is 12.5. The number of carbonyl (C=O) groups excluding carboxylic acids is 1. The molecular weight excluding hydrogens is 386 g/mol. The molecule has 0 spiro atoms. The predicted octanol–water partition coefficient (Wildman–Crippen LogP) is 4.23. The zero-order chi connectivity index (χ0) is 20.6. The van der Waals surface area contributed by atoms with Crippen molar-refractivity contribution in [1.29, 1.82) is 5.26 Å². The number of pyridine rings is 1. The van der Waals surface area contributed by atoms with E-state index in [1.807, 2.05) is 16.9 Å². The largest absolute Gasteiger partial charge is 0.310 e. The first kappa shape index (κ1) is 19.2. The molecule has 0 radical (unpaired) electrons. The van der Waals surface area contributed by atoms with Crippen LogP contribution < -0.4 is 5.32 Å². The molecule has 4 rings (SSSR count). The summed E-state index contributed by atoms with van der Waals surface area (Å²) in [5.41, 5.74) is 4.39. The maximum Gasteiger partial charge on any atom is 0.229 e. The van der Waals surface area contributed by atoms with Gasteiger partial charge >= 0.3 is 0 Å². The summed E-state index contributed by atoms with van der Waals surface area (Å²) >= 11 is 6.42. The summed E-state index contributed by atoms with van der Waals surface area (Å²) in [5.74, 6) is 0.227. The second kappa shape index (κ2) is 7.34. The molecule has 0 saturated carbocycles. The topological polar surface area (TPSA) is 83.6 Å². The number of amides is 1. The average molecular weight is 406 g/mol. The van der Waals surface area contributed by atoms with E-state index in [0.29, 0.717) is 16.4 Å². The third-order valence-electron chi connectivity index (χ3n) is 5.01. The molecule has 7 heteroatoms. The summed E-state index contributed by atoms with van der Waals surface area (Å²) in [5, 5.41) is 16.8. The molecule has 0 atom stereocenters. The van der Waals surface area contributed by atoms with Gasteiger partial charge in [0.15, 0.2) is 0 Å². The fourth-order valence-electron chi connectivity index (χ4n) is 3.71. The van der Waals surface area contributed by atoms with Crippen molar-refractivity contribution in [3.8, 4) is 17.2 Å². The molecule has 1 amide bonds. The molecule has 3 aromatic rings. The number of anilines is 1. The molecule has 3 heterocycles. The lowest BCUT2D eigenvalue weighted by Gasteiger charge is -2.14. The van der Waals surface area contributed by atoms with Gasteiger partial charge in [0.1, 0.15) is 5.82 Å². The van der Waals surface area contributed by atoms with Crippen LogP contribution in [0.5, 0.6) is 0 Å². The van der Waals surface area contributed by atoms with Crippen molar-refractivity contribution in [3.05, 3.63) is 64.6 Å². The van der Waals surface area contributed by atoms with Crippen molar-refractivity contribution < 1.29 is 4.79 Å². The van der Waals surface area contributed by atoms with Crippen molar-refractivity contribution in [2.45, 2.75) is 33.2 Å². The van der Waals surface area contributed by atoms with Crippen LogP contribution in [0, 0.1) is 16.7 Å². The van der Waals surface area contributed by atoms with Gasteiger partial charge in [0.25, 0.3) is 0 Å². The lowest BCUT2D eigenvalue weighted by molar-refractivity contribution is -0.115. The zero-order valence-corrected chi connectivity index (χ0v) is 17.0. The second-order valence-corrected chi connectivity index (χ2v) is 8.50. The molecule has 2 aromatic heterocycles. The average Bonchev–Trinajstić information content (AvgIpc) is 3.18. The Bertz CT molecular complexity index is 1140. The van der Waals surface area contributed by atoms with Crippen LogP contribution in [0.15, 0.2) is 42.7 Å². The summed E-state index contributed by atoms with van der Waals surface area (Å²) in [7, 11) is 0. The van der Waals surface area contributed by atoms with Gasteiger partial charge in [-0.1, -0.05) is 37.6 Å². The Labute approximate surface area is 174 Å². The van der Waals surface area contributed by atoms with E-state index in [1.54, 1.807) is 30.5 Å². The van der Waals surface area contributed by atoms with E-state index in [1.165, 1.54) is 0 Å². The monoisotopic (exact) mass is 405 g/mol. The van der Waals surface area contributed by atoms with E-state index in [0.717, 1.165) is 35.3 Å². The highest BCUT2D eigenvalue weighted by Crippen LogP contribution is 2.39. The van der Waals surface area contributed by atoms with E-state index >= 15 is 0 Å². The number of halogens is 1. The summed E-state index contributed by atoms with van der Waals surface area (Å²) in [6, 6.07) is 10.9.